The van der Waals surface area contributed by atoms with Crippen LogP contribution in [-0.4, -0.2) is 22.1 Å². The summed E-state index contributed by atoms with van der Waals surface area (Å²) < 4.78 is 2.26. The van der Waals surface area contributed by atoms with Crippen LogP contribution < -0.4 is 5.32 Å². The van der Waals surface area contributed by atoms with Gasteiger partial charge in [-0.15, -0.1) is 0 Å². The minimum absolute atomic E-state index is 0.617. The number of hydrogen-bond donors (Lipinski definition) is 1. The predicted molar refractivity (Wildman–Crippen MR) is 65.4 cm³/mol. The van der Waals surface area contributed by atoms with Crippen LogP contribution in [0.3, 0.4) is 0 Å². The van der Waals surface area contributed by atoms with E-state index in [9.17, 15) is 0 Å². The van der Waals surface area contributed by atoms with Crippen molar-refractivity contribution in [2.45, 2.75) is 31.8 Å². The maximum atomic E-state index is 4.44. The van der Waals surface area contributed by atoms with E-state index in [4.69, 9.17) is 0 Å². The van der Waals surface area contributed by atoms with Crippen molar-refractivity contribution >= 4 is 11.0 Å². The number of pyridine rings is 1. The Morgan fingerprint density at radius 3 is 3.25 bits per heavy atom. The molecule has 2 aromatic heterocycles. The lowest BCUT2D eigenvalue weighted by Crippen LogP contribution is -2.37. The van der Waals surface area contributed by atoms with Crippen molar-refractivity contribution in [2.75, 3.05) is 6.54 Å². The molecule has 1 fully saturated rings. The smallest absolute Gasteiger partial charge is 0.139 e. The maximum Gasteiger partial charge on any atom is 0.139 e. The van der Waals surface area contributed by atoms with Crippen LogP contribution in [0.2, 0.25) is 0 Å². The number of aromatic nitrogens is 2. The monoisotopic (exact) mass is 215 g/mol. The van der Waals surface area contributed by atoms with E-state index in [1.54, 1.807) is 0 Å². The van der Waals surface area contributed by atoms with Crippen molar-refractivity contribution in [3.63, 3.8) is 0 Å². The second-order valence-electron chi connectivity index (χ2n) is 4.53. The molecule has 1 aliphatic heterocycles. The molecule has 2 aromatic rings. The Kier molecular flexibility index (Phi) is 2.62. The molecule has 1 N–H and O–H groups in total. The molecule has 0 radical (unpaired) electrons. The minimum Gasteiger partial charge on any atom is -0.331 e. The minimum atomic E-state index is 0.617. The van der Waals surface area contributed by atoms with Crippen molar-refractivity contribution in [1.29, 1.82) is 0 Å². The fraction of sp³-hybridized carbons (Fsp3) is 0.462. The van der Waals surface area contributed by atoms with Crippen LogP contribution >= 0.6 is 0 Å². The predicted octanol–water partition coefficient (Wildman–Crippen LogP) is 2.18. The van der Waals surface area contributed by atoms with Gasteiger partial charge in [-0.05, 0) is 37.6 Å². The van der Waals surface area contributed by atoms with Gasteiger partial charge in [0, 0.05) is 30.4 Å². The highest BCUT2D eigenvalue weighted by atomic mass is 15.1. The fourth-order valence-corrected chi connectivity index (χ4v) is 2.48. The Morgan fingerprint density at radius 1 is 1.38 bits per heavy atom. The number of nitrogens with one attached hydrogen (secondary N) is 1. The largest absolute Gasteiger partial charge is 0.331 e. The highest BCUT2D eigenvalue weighted by Crippen LogP contribution is 2.15. The van der Waals surface area contributed by atoms with Crippen molar-refractivity contribution in [2.24, 2.45) is 0 Å². The summed E-state index contributed by atoms with van der Waals surface area (Å²) in [6.45, 7) is 2.21. The Hall–Kier alpha value is -1.35. The van der Waals surface area contributed by atoms with Gasteiger partial charge in [0.2, 0.25) is 0 Å². The zero-order valence-corrected chi connectivity index (χ0v) is 9.39. The number of rotatable bonds is 2. The molecule has 0 amide bonds. The van der Waals surface area contributed by atoms with E-state index < -0.39 is 0 Å². The SMILES string of the molecule is c1cnc2c(c1)ccn2CC1CCCCN1. The van der Waals surface area contributed by atoms with Gasteiger partial charge in [-0.1, -0.05) is 6.42 Å². The Bertz CT molecular complexity index is 469. The molecule has 0 bridgehead atoms. The number of piperidine rings is 1. The molecule has 84 valence electrons. The third kappa shape index (κ3) is 1.83. The van der Waals surface area contributed by atoms with Crippen LogP contribution in [-0.2, 0) is 6.54 Å². The molecule has 1 atom stereocenters. The molecule has 3 heterocycles. The van der Waals surface area contributed by atoms with E-state index in [2.05, 4.69) is 33.2 Å². The van der Waals surface area contributed by atoms with Gasteiger partial charge in [0.15, 0.2) is 0 Å². The molecule has 0 spiro atoms. The molecule has 0 aliphatic carbocycles. The van der Waals surface area contributed by atoms with Crippen molar-refractivity contribution in [3.05, 3.63) is 30.6 Å². The summed E-state index contributed by atoms with van der Waals surface area (Å²) in [5.74, 6) is 0. The molecule has 1 unspecified atom stereocenters. The summed E-state index contributed by atoms with van der Waals surface area (Å²) in [7, 11) is 0. The van der Waals surface area contributed by atoms with Crippen LogP contribution in [0.15, 0.2) is 30.6 Å². The third-order valence-corrected chi connectivity index (χ3v) is 3.35. The summed E-state index contributed by atoms with van der Waals surface area (Å²) in [6, 6.07) is 6.87. The van der Waals surface area contributed by atoms with Crippen LogP contribution in [0.1, 0.15) is 19.3 Å². The molecular formula is C13H17N3. The zero-order chi connectivity index (χ0) is 10.8. The lowest BCUT2D eigenvalue weighted by Gasteiger charge is -2.24. The number of nitrogens with zero attached hydrogens (tertiary/aromatic N) is 2. The van der Waals surface area contributed by atoms with Crippen LogP contribution in [0, 0.1) is 0 Å². The van der Waals surface area contributed by atoms with E-state index in [0.717, 1.165) is 18.7 Å². The summed E-state index contributed by atoms with van der Waals surface area (Å²) >= 11 is 0. The Labute approximate surface area is 95.5 Å². The summed E-state index contributed by atoms with van der Waals surface area (Å²) in [6.07, 6.45) is 7.97. The summed E-state index contributed by atoms with van der Waals surface area (Å²) in [4.78, 5) is 4.44. The molecule has 1 aliphatic rings. The molecule has 3 rings (SSSR count). The molecular weight excluding hydrogens is 198 g/mol. The van der Waals surface area contributed by atoms with E-state index in [1.165, 1.54) is 24.6 Å². The van der Waals surface area contributed by atoms with Gasteiger partial charge >= 0.3 is 0 Å². The number of hydrogen-bond acceptors (Lipinski definition) is 2. The van der Waals surface area contributed by atoms with Gasteiger partial charge < -0.3 is 9.88 Å². The third-order valence-electron chi connectivity index (χ3n) is 3.35. The van der Waals surface area contributed by atoms with Crippen molar-refractivity contribution < 1.29 is 0 Å². The van der Waals surface area contributed by atoms with Crippen LogP contribution in [0.25, 0.3) is 11.0 Å². The van der Waals surface area contributed by atoms with Crippen LogP contribution in [0.4, 0.5) is 0 Å². The lowest BCUT2D eigenvalue weighted by atomic mass is 10.1. The second-order valence-corrected chi connectivity index (χ2v) is 4.53. The van der Waals surface area contributed by atoms with E-state index in [0.29, 0.717) is 6.04 Å². The first-order chi connectivity index (χ1) is 7.93. The normalized spacial score (nSPS) is 21.4. The first-order valence-corrected chi connectivity index (χ1v) is 6.07. The topological polar surface area (TPSA) is 29.9 Å². The van der Waals surface area contributed by atoms with E-state index in [-0.39, 0.29) is 0 Å². The molecule has 1 saturated heterocycles. The Morgan fingerprint density at radius 2 is 2.38 bits per heavy atom. The van der Waals surface area contributed by atoms with Gasteiger partial charge in [0.1, 0.15) is 5.65 Å². The quantitative estimate of drug-likeness (QED) is 0.832. The van der Waals surface area contributed by atoms with E-state index >= 15 is 0 Å². The number of fused-ring (bicyclic) bond motifs is 1. The zero-order valence-electron chi connectivity index (χ0n) is 9.39. The van der Waals surface area contributed by atoms with Gasteiger partial charge in [-0.25, -0.2) is 4.98 Å². The molecule has 3 heteroatoms. The maximum absolute atomic E-state index is 4.44. The van der Waals surface area contributed by atoms with Crippen molar-refractivity contribution in [3.8, 4) is 0 Å². The van der Waals surface area contributed by atoms with E-state index in [1.807, 2.05) is 12.3 Å². The second kappa shape index (κ2) is 4.26. The molecule has 16 heavy (non-hydrogen) atoms. The highest BCUT2D eigenvalue weighted by Gasteiger charge is 2.13. The Balaban J connectivity index is 1.83. The first-order valence-electron chi connectivity index (χ1n) is 6.07. The van der Waals surface area contributed by atoms with Crippen molar-refractivity contribution in [1.82, 2.24) is 14.9 Å². The molecule has 0 aromatic carbocycles. The standard InChI is InChI=1S/C13H17N3/c1-2-7-14-12(5-1)10-16-9-6-11-4-3-8-15-13(11)16/h3-4,6,8-9,12,14H,1-2,5,7,10H2. The summed E-state index contributed by atoms with van der Waals surface area (Å²) in [5, 5.41) is 4.81. The van der Waals surface area contributed by atoms with Crippen LogP contribution in [0.5, 0.6) is 0 Å². The van der Waals surface area contributed by atoms with Gasteiger partial charge in [-0.3, -0.25) is 0 Å². The summed E-state index contributed by atoms with van der Waals surface area (Å²) in [5.41, 5.74) is 1.11. The first kappa shape index (κ1) is 9.85. The fourth-order valence-electron chi connectivity index (χ4n) is 2.48. The highest BCUT2D eigenvalue weighted by molar-refractivity contribution is 5.75. The van der Waals surface area contributed by atoms with Gasteiger partial charge in [0.05, 0.1) is 0 Å². The van der Waals surface area contributed by atoms with Gasteiger partial charge in [-0.2, -0.15) is 0 Å². The average Bonchev–Trinajstić information content (AvgIpc) is 2.74. The van der Waals surface area contributed by atoms with Gasteiger partial charge in [0.25, 0.3) is 0 Å². The molecule has 0 saturated carbocycles. The average molecular weight is 215 g/mol. The lowest BCUT2D eigenvalue weighted by molar-refractivity contribution is 0.366. The molecule has 3 nitrogen and oxygen atoms in total.